The number of para-hydroxylation sites is 1. The second-order valence-electron chi connectivity index (χ2n) is 8.39. The first kappa shape index (κ1) is 27.6. The van der Waals surface area contributed by atoms with Gasteiger partial charge in [-0.2, -0.15) is 0 Å². The van der Waals surface area contributed by atoms with E-state index in [0.717, 1.165) is 6.07 Å². The van der Waals surface area contributed by atoms with Gasteiger partial charge in [-0.3, -0.25) is 9.59 Å². The van der Waals surface area contributed by atoms with Crippen LogP contribution in [0.5, 0.6) is 0 Å². The van der Waals surface area contributed by atoms with Gasteiger partial charge in [-0.05, 0) is 44.2 Å². The van der Waals surface area contributed by atoms with Crippen LogP contribution in [0.25, 0.3) is 22.0 Å². The minimum absolute atomic E-state index is 0. The SMILES string of the molecule is CC(=O)Nc1cc2c(cn1)cc(-c1cc(NC(=O)Nc3ccccc3)c(F)cc1Cl)c(=O)n2C(C)C.Cl. The maximum absolute atomic E-state index is 14.7. The molecule has 2 aromatic heterocycles. The molecule has 2 heterocycles. The molecule has 2 aromatic carbocycles. The summed E-state index contributed by atoms with van der Waals surface area (Å²) in [4.78, 5) is 41.7. The van der Waals surface area contributed by atoms with Gasteiger partial charge in [-0.25, -0.2) is 14.2 Å². The number of urea groups is 1. The molecule has 0 aliphatic rings. The Hall–Kier alpha value is -3.95. The number of nitrogens with zero attached hydrogens (tertiary/aromatic N) is 2. The van der Waals surface area contributed by atoms with Gasteiger partial charge in [0.1, 0.15) is 11.6 Å². The highest BCUT2D eigenvalue weighted by molar-refractivity contribution is 6.33. The van der Waals surface area contributed by atoms with Crippen molar-refractivity contribution < 1.29 is 14.0 Å². The summed E-state index contributed by atoms with van der Waals surface area (Å²) >= 11 is 6.36. The number of fused-ring (bicyclic) bond motifs is 1. The van der Waals surface area contributed by atoms with Crippen molar-refractivity contribution >= 4 is 64.0 Å². The highest BCUT2D eigenvalue weighted by atomic mass is 35.5. The van der Waals surface area contributed by atoms with Gasteiger partial charge in [0.05, 0.1) is 16.2 Å². The van der Waals surface area contributed by atoms with Gasteiger partial charge in [-0.1, -0.05) is 29.8 Å². The molecule has 0 unspecified atom stereocenters. The number of pyridine rings is 2. The molecule has 3 N–H and O–H groups in total. The topological polar surface area (TPSA) is 105 Å². The normalized spacial score (nSPS) is 10.6. The van der Waals surface area contributed by atoms with Crippen LogP contribution in [0.2, 0.25) is 5.02 Å². The Morgan fingerprint density at radius 1 is 1.00 bits per heavy atom. The number of rotatable bonds is 5. The van der Waals surface area contributed by atoms with E-state index in [4.69, 9.17) is 11.6 Å². The Balaban J connectivity index is 0.00000380. The minimum Gasteiger partial charge on any atom is -0.311 e. The van der Waals surface area contributed by atoms with Crippen molar-refractivity contribution in [2.24, 2.45) is 0 Å². The van der Waals surface area contributed by atoms with E-state index in [1.807, 2.05) is 13.8 Å². The molecule has 0 aliphatic heterocycles. The predicted molar refractivity (Wildman–Crippen MR) is 147 cm³/mol. The number of amides is 3. The average Bonchev–Trinajstić information content (AvgIpc) is 2.80. The van der Waals surface area contributed by atoms with Crippen LogP contribution in [0.3, 0.4) is 0 Å². The summed E-state index contributed by atoms with van der Waals surface area (Å²) in [6.07, 6.45) is 1.53. The quantitative estimate of drug-likeness (QED) is 0.268. The first-order chi connectivity index (χ1) is 17.1. The van der Waals surface area contributed by atoms with Crippen LogP contribution in [0.1, 0.15) is 26.8 Å². The third kappa shape index (κ3) is 6.07. The predicted octanol–water partition coefficient (Wildman–Crippen LogP) is 6.46. The third-order valence-corrected chi connectivity index (χ3v) is 5.68. The van der Waals surface area contributed by atoms with Gasteiger partial charge in [0.25, 0.3) is 5.56 Å². The molecule has 37 heavy (non-hydrogen) atoms. The van der Waals surface area contributed by atoms with Crippen molar-refractivity contribution in [1.29, 1.82) is 0 Å². The van der Waals surface area contributed by atoms with E-state index < -0.39 is 11.8 Å². The molecule has 3 amide bonds. The number of carbonyl (C=O) groups excluding carboxylic acids is 2. The van der Waals surface area contributed by atoms with Gasteiger partial charge in [0.15, 0.2) is 0 Å². The molecular weight excluding hydrogens is 520 g/mol. The number of hydrogen-bond donors (Lipinski definition) is 3. The fourth-order valence-corrected chi connectivity index (χ4v) is 4.10. The summed E-state index contributed by atoms with van der Waals surface area (Å²) < 4.78 is 16.2. The van der Waals surface area contributed by atoms with Crippen LogP contribution in [0.4, 0.5) is 26.4 Å². The number of hydrogen-bond acceptors (Lipinski definition) is 4. The lowest BCUT2D eigenvalue weighted by Crippen LogP contribution is -2.24. The Morgan fingerprint density at radius 2 is 1.70 bits per heavy atom. The molecule has 192 valence electrons. The fraction of sp³-hybridized carbons (Fsp3) is 0.154. The lowest BCUT2D eigenvalue weighted by Gasteiger charge is -2.18. The van der Waals surface area contributed by atoms with Gasteiger partial charge in [0.2, 0.25) is 5.91 Å². The van der Waals surface area contributed by atoms with E-state index in [2.05, 4.69) is 20.9 Å². The van der Waals surface area contributed by atoms with Crippen molar-refractivity contribution in [3.05, 3.63) is 82.0 Å². The number of benzene rings is 2. The van der Waals surface area contributed by atoms with Crippen molar-refractivity contribution in [3.63, 3.8) is 0 Å². The van der Waals surface area contributed by atoms with Crippen LogP contribution in [0, 0.1) is 5.82 Å². The summed E-state index contributed by atoms with van der Waals surface area (Å²) in [6, 6.07) is 13.4. The molecule has 0 radical (unpaired) electrons. The second kappa shape index (κ2) is 11.4. The molecule has 0 saturated heterocycles. The zero-order chi connectivity index (χ0) is 26.0. The zero-order valence-electron chi connectivity index (χ0n) is 20.1. The molecule has 4 rings (SSSR count). The molecule has 11 heteroatoms. The van der Waals surface area contributed by atoms with Gasteiger partial charge < -0.3 is 20.5 Å². The molecular formula is C26H24Cl2FN5O3. The monoisotopic (exact) mass is 543 g/mol. The highest BCUT2D eigenvalue weighted by Crippen LogP contribution is 2.33. The maximum atomic E-state index is 14.7. The van der Waals surface area contributed by atoms with Crippen LogP contribution in [-0.4, -0.2) is 21.5 Å². The van der Waals surface area contributed by atoms with E-state index in [0.29, 0.717) is 22.4 Å². The van der Waals surface area contributed by atoms with Crippen molar-refractivity contribution in [2.75, 3.05) is 16.0 Å². The zero-order valence-corrected chi connectivity index (χ0v) is 21.7. The average molecular weight is 544 g/mol. The fourth-order valence-electron chi connectivity index (χ4n) is 3.84. The second-order valence-corrected chi connectivity index (χ2v) is 8.80. The van der Waals surface area contributed by atoms with E-state index in [9.17, 15) is 18.8 Å². The van der Waals surface area contributed by atoms with Gasteiger partial charge >= 0.3 is 6.03 Å². The van der Waals surface area contributed by atoms with Crippen molar-refractivity contribution in [3.8, 4) is 11.1 Å². The molecule has 0 bridgehead atoms. The maximum Gasteiger partial charge on any atom is 0.323 e. The summed E-state index contributed by atoms with van der Waals surface area (Å²) in [6.45, 7) is 5.05. The summed E-state index contributed by atoms with van der Waals surface area (Å²) in [7, 11) is 0. The van der Waals surface area contributed by atoms with E-state index in [1.165, 1.54) is 19.2 Å². The Bertz CT molecular complexity index is 1540. The van der Waals surface area contributed by atoms with Gasteiger partial charge in [-0.15, -0.1) is 12.4 Å². The Kier molecular flexibility index (Phi) is 8.52. The highest BCUT2D eigenvalue weighted by Gasteiger charge is 2.19. The Labute approximate surface area is 223 Å². The number of halogens is 3. The molecule has 0 saturated carbocycles. The lowest BCUT2D eigenvalue weighted by molar-refractivity contribution is -0.114. The van der Waals surface area contributed by atoms with Gasteiger partial charge in [0, 0.05) is 47.4 Å². The molecule has 0 atom stereocenters. The molecule has 0 fully saturated rings. The van der Waals surface area contributed by atoms with Crippen LogP contribution in [-0.2, 0) is 4.79 Å². The van der Waals surface area contributed by atoms with Crippen LogP contribution >= 0.6 is 24.0 Å². The third-order valence-electron chi connectivity index (χ3n) is 5.37. The number of anilines is 3. The van der Waals surface area contributed by atoms with Crippen molar-refractivity contribution in [1.82, 2.24) is 9.55 Å². The first-order valence-corrected chi connectivity index (χ1v) is 11.5. The largest absolute Gasteiger partial charge is 0.323 e. The van der Waals surface area contributed by atoms with Crippen molar-refractivity contribution in [2.45, 2.75) is 26.8 Å². The first-order valence-electron chi connectivity index (χ1n) is 11.1. The molecule has 0 spiro atoms. The summed E-state index contributed by atoms with van der Waals surface area (Å²) in [5.74, 6) is -0.725. The molecule has 8 nitrogen and oxygen atoms in total. The minimum atomic E-state index is -0.751. The molecule has 0 aliphatic carbocycles. The van der Waals surface area contributed by atoms with Crippen LogP contribution < -0.4 is 21.5 Å². The smallest absolute Gasteiger partial charge is 0.311 e. The van der Waals surface area contributed by atoms with E-state index >= 15 is 0 Å². The van der Waals surface area contributed by atoms with E-state index in [-0.39, 0.29) is 51.8 Å². The Morgan fingerprint density at radius 3 is 2.35 bits per heavy atom. The lowest BCUT2D eigenvalue weighted by atomic mass is 10.0. The number of carbonyl (C=O) groups is 2. The standard InChI is InChI=1S/C26H23ClFN5O3.ClH/c1-14(2)33-23-12-24(30-15(3)34)29-13-16(23)9-19(25(33)35)18-10-22(21(28)11-20(18)27)32-26(36)31-17-7-5-4-6-8-17;/h4-14H,1-3H3,(H,29,30,34)(H2,31,32,36);1H. The van der Waals surface area contributed by atoms with E-state index in [1.54, 1.807) is 47.0 Å². The van der Waals surface area contributed by atoms with Crippen LogP contribution in [0.15, 0.2) is 65.6 Å². The number of aromatic nitrogens is 2. The number of nitrogens with one attached hydrogen (secondary N) is 3. The molecule has 4 aromatic rings. The summed E-state index contributed by atoms with van der Waals surface area (Å²) in [5.41, 5.74) is 1.05. The summed E-state index contributed by atoms with van der Waals surface area (Å²) in [5, 5.41) is 8.32.